The predicted octanol–water partition coefficient (Wildman–Crippen LogP) is 3.61. The lowest BCUT2D eigenvalue weighted by molar-refractivity contribution is 0.503. The largest absolute Gasteiger partial charge is 0.454 e. The number of benzene rings is 2. The topological polar surface area (TPSA) is 60.7 Å². The van der Waals surface area contributed by atoms with E-state index in [2.05, 4.69) is 0 Å². The van der Waals surface area contributed by atoms with Gasteiger partial charge >= 0.3 is 0 Å². The van der Waals surface area contributed by atoms with E-state index in [-0.39, 0.29) is 11.0 Å². The minimum absolute atomic E-state index is 0.0980. The molecule has 0 amide bonds. The summed E-state index contributed by atoms with van der Waals surface area (Å²) in [6.07, 6.45) is 0. The molecule has 0 saturated heterocycles. The highest BCUT2D eigenvalue weighted by Gasteiger charge is 2.24. The van der Waals surface area contributed by atoms with Crippen LogP contribution in [0.4, 0.5) is 8.78 Å². The average Bonchev–Trinajstić information content (AvgIpc) is 2.80. The molecule has 19 heavy (non-hydrogen) atoms. The first kappa shape index (κ1) is 11.2. The first-order valence-electron chi connectivity index (χ1n) is 5.31. The molecule has 0 aliphatic heterocycles. The summed E-state index contributed by atoms with van der Waals surface area (Å²) in [6, 6.07) is 9.80. The molecule has 90 valence electrons. The Hall–Kier alpha value is -2.92. The molecule has 0 aliphatic carbocycles. The van der Waals surface area contributed by atoms with Crippen molar-refractivity contribution in [1.82, 2.24) is 0 Å². The van der Waals surface area contributed by atoms with E-state index in [0.717, 1.165) is 0 Å². The van der Waals surface area contributed by atoms with Gasteiger partial charge < -0.3 is 4.42 Å². The Morgan fingerprint density at radius 1 is 0.947 bits per heavy atom. The van der Waals surface area contributed by atoms with E-state index in [1.165, 1.54) is 0 Å². The molecule has 3 aromatic rings. The van der Waals surface area contributed by atoms with Crippen LogP contribution in [-0.2, 0) is 0 Å². The van der Waals surface area contributed by atoms with Gasteiger partial charge in [0.2, 0.25) is 0 Å². The third-order valence-corrected chi connectivity index (χ3v) is 2.93. The highest BCUT2D eigenvalue weighted by atomic mass is 19.2. The second-order valence-corrected chi connectivity index (χ2v) is 3.90. The molecule has 0 fully saturated rings. The van der Waals surface area contributed by atoms with Crippen LogP contribution in [0.15, 0.2) is 28.7 Å². The number of rotatable bonds is 0. The Labute approximate surface area is 105 Å². The highest BCUT2D eigenvalue weighted by molar-refractivity contribution is 6.09. The summed E-state index contributed by atoms with van der Waals surface area (Å²) in [4.78, 5) is 0. The highest BCUT2D eigenvalue weighted by Crippen LogP contribution is 2.35. The van der Waals surface area contributed by atoms with Crippen molar-refractivity contribution in [3.05, 3.63) is 47.0 Å². The third-order valence-electron chi connectivity index (χ3n) is 2.93. The number of furan rings is 1. The molecule has 2 aromatic carbocycles. The van der Waals surface area contributed by atoms with E-state index in [0.29, 0.717) is 11.0 Å². The second kappa shape index (κ2) is 3.79. The first-order valence-corrected chi connectivity index (χ1v) is 5.31. The number of para-hydroxylation sites is 1. The number of hydrogen-bond donors (Lipinski definition) is 0. The zero-order chi connectivity index (χ0) is 13.6. The molecule has 5 heteroatoms. The van der Waals surface area contributed by atoms with E-state index in [4.69, 9.17) is 14.9 Å². The molecule has 0 saturated carbocycles. The van der Waals surface area contributed by atoms with Gasteiger partial charge in [-0.15, -0.1) is 0 Å². The van der Waals surface area contributed by atoms with E-state index in [9.17, 15) is 8.78 Å². The molecule has 0 bridgehead atoms. The zero-order valence-electron chi connectivity index (χ0n) is 9.37. The fraction of sp³-hybridized carbons (Fsp3) is 0. The van der Waals surface area contributed by atoms with Crippen molar-refractivity contribution in [3.63, 3.8) is 0 Å². The summed E-state index contributed by atoms with van der Waals surface area (Å²) >= 11 is 0. The summed E-state index contributed by atoms with van der Waals surface area (Å²) in [5.74, 6) is -2.68. The molecule has 0 unspecified atom stereocenters. The Morgan fingerprint density at radius 3 is 2.26 bits per heavy atom. The minimum Gasteiger partial charge on any atom is -0.454 e. The molecule has 3 nitrogen and oxygen atoms in total. The summed E-state index contributed by atoms with van der Waals surface area (Å²) in [6.45, 7) is 0. The van der Waals surface area contributed by atoms with Crippen LogP contribution in [0.5, 0.6) is 0 Å². The van der Waals surface area contributed by atoms with Crippen LogP contribution in [0.3, 0.4) is 0 Å². The van der Waals surface area contributed by atoms with Gasteiger partial charge in [-0.25, -0.2) is 8.78 Å². The predicted molar refractivity (Wildman–Crippen MR) is 63.1 cm³/mol. The van der Waals surface area contributed by atoms with Crippen molar-refractivity contribution in [3.8, 4) is 12.1 Å². The summed E-state index contributed by atoms with van der Waals surface area (Å²) in [5.41, 5.74) is -0.700. The van der Waals surface area contributed by atoms with Crippen molar-refractivity contribution in [2.45, 2.75) is 0 Å². The van der Waals surface area contributed by atoms with Gasteiger partial charge in [0.05, 0.1) is 5.39 Å². The number of halogens is 2. The molecule has 0 radical (unpaired) electrons. The quantitative estimate of drug-likeness (QED) is 0.615. The lowest BCUT2D eigenvalue weighted by atomic mass is 10.0. The van der Waals surface area contributed by atoms with Gasteiger partial charge in [0.15, 0.2) is 17.2 Å². The zero-order valence-corrected chi connectivity index (χ0v) is 9.37. The monoisotopic (exact) mass is 254 g/mol. The summed E-state index contributed by atoms with van der Waals surface area (Å²) in [7, 11) is 0. The maximum absolute atomic E-state index is 13.8. The van der Waals surface area contributed by atoms with Crippen molar-refractivity contribution in [2.75, 3.05) is 0 Å². The van der Waals surface area contributed by atoms with Gasteiger partial charge in [0.25, 0.3) is 0 Å². The van der Waals surface area contributed by atoms with Gasteiger partial charge in [0.1, 0.15) is 28.8 Å². The molecule has 0 spiro atoms. The molecular formula is C14H4F2N2O. The second-order valence-electron chi connectivity index (χ2n) is 3.90. The number of hydrogen-bond acceptors (Lipinski definition) is 3. The van der Waals surface area contributed by atoms with E-state index in [1.54, 1.807) is 36.4 Å². The normalized spacial score (nSPS) is 10.5. The van der Waals surface area contributed by atoms with Crippen LogP contribution in [-0.4, -0.2) is 0 Å². The molecule has 0 atom stereocenters. The SMILES string of the molecule is N#Cc1c(F)c(F)c(C#N)c2c1oc1ccccc12. The van der Waals surface area contributed by atoms with Crippen LogP contribution < -0.4 is 0 Å². The van der Waals surface area contributed by atoms with Crippen molar-refractivity contribution in [1.29, 1.82) is 10.5 Å². The van der Waals surface area contributed by atoms with Crippen molar-refractivity contribution >= 4 is 21.9 Å². The molecular weight excluding hydrogens is 250 g/mol. The fourth-order valence-corrected chi connectivity index (χ4v) is 2.10. The Balaban J connectivity index is 2.72. The number of fused-ring (bicyclic) bond motifs is 3. The Bertz CT molecular complexity index is 913. The van der Waals surface area contributed by atoms with E-state index < -0.39 is 22.8 Å². The Morgan fingerprint density at radius 2 is 1.58 bits per heavy atom. The maximum atomic E-state index is 13.8. The standard InChI is InChI=1S/C14H4F2N2O/c15-12-8(5-17)11-7-3-1-2-4-10(7)19-14(11)9(6-18)13(12)16/h1-4H. The molecule has 0 aliphatic rings. The minimum atomic E-state index is -1.36. The first-order chi connectivity index (χ1) is 9.19. The Kier molecular flexibility index (Phi) is 2.23. The lowest BCUT2D eigenvalue weighted by Gasteiger charge is -2.00. The van der Waals surface area contributed by atoms with Crippen LogP contribution in [0.2, 0.25) is 0 Å². The smallest absolute Gasteiger partial charge is 0.181 e. The fourth-order valence-electron chi connectivity index (χ4n) is 2.10. The lowest BCUT2D eigenvalue weighted by Crippen LogP contribution is -1.96. The van der Waals surface area contributed by atoms with Crippen molar-refractivity contribution < 1.29 is 13.2 Å². The molecule has 0 N–H and O–H groups in total. The average molecular weight is 254 g/mol. The van der Waals surface area contributed by atoms with Crippen molar-refractivity contribution in [2.24, 2.45) is 0 Å². The summed E-state index contributed by atoms with van der Waals surface area (Å²) in [5, 5.41) is 18.5. The van der Waals surface area contributed by atoms with Crippen LogP contribution in [0.1, 0.15) is 11.1 Å². The molecule has 1 heterocycles. The van der Waals surface area contributed by atoms with Gasteiger partial charge in [-0.05, 0) is 6.07 Å². The van der Waals surface area contributed by atoms with Crippen LogP contribution >= 0.6 is 0 Å². The van der Waals surface area contributed by atoms with E-state index in [1.807, 2.05) is 0 Å². The maximum Gasteiger partial charge on any atom is 0.181 e. The number of nitrogens with zero attached hydrogens (tertiary/aromatic N) is 2. The van der Waals surface area contributed by atoms with Crippen LogP contribution in [0.25, 0.3) is 21.9 Å². The molecule has 1 aromatic heterocycles. The molecule has 3 rings (SSSR count). The van der Waals surface area contributed by atoms with E-state index >= 15 is 0 Å². The van der Waals surface area contributed by atoms with Gasteiger partial charge in [-0.2, -0.15) is 10.5 Å². The van der Waals surface area contributed by atoms with Gasteiger partial charge in [0, 0.05) is 5.39 Å². The summed E-state index contributed by atoms with van der Waals surface area (Å²) < 4.78 is 32.9. The van der Waals surface area contributed by atoms with Gasteiger partial charge in [-0.3, -0.25) is 0 Å². The van der Waals surface area contributed by atoms with Crippen LogP contribution in [0, 0.1) is 34.3 Å². The number of nitriles is 2. The third kappa shape index (κ3) is 1.33. The van der Waals surface area contributed by atoms with Gasteiger partial charge in [-0.1, -0.05) is 18.2 Å².